The molecule has 1 N–H and O–H groups in total. The third kappa shape index (κ3) is 3.71. The van der Waals surface area contributed by atoms with E-state index >= 15 is 0 Å². The zero-order valence-corrected chi connectivity index (χ0v) is 11.0. The molecule has 5 heteroatoms. The molecule has 0 saturated heterocycles. The Morgan fingerprint density at radius 3 is 2.60 bits per heavy atom. The average Bonchev–Trinajstić information content (AvgIpc) is 3.00. The Hall–Kier alpha value is -2.56. The van der Waals surface area contributed by atoms with E-state index in [1.54, 1.807) is 6.07 Å². The van der Waals surface area contributed by atoms with Crippen LogP contribution in [0, 0.1) is 0 Å². The summed E-state index contributed by atoms with van der Waals surface area (Å²) in [7, 11) is 0. The van der Waals surface area contributed by atoms with Gasteiger partial charge in [-0.05, 0) is 24.6 Å². The van der Waals surface area contributed by atoms with Crippen LogP contribution in [0.15, 0.2) is 53.1 Å². The number of nitrogens with one attached hydrogen (secondary N) is 1. The van der Waals surface area contributed by atoms with Crippen molar-refractivity contribution in [3.8, 4) is 0 Å². The minimum Gasteiger partial charge on any atom is -0.457 e. The first-order valence-electron chi connectivity index (χ1n) is 6.23. The van der Waals surface area contributed by atoms with Gasteiger partial charge in [0.1, 0.15) is 0 Å². The molecule has 0 unspecified atom stereocenters. The largest absolute Gasteiger partial charge is 0.457 e. The second-order valence-electron chi connectivity index (χ2n) is 4.23. The maximum absolute atomic E-state index is 11.8. The lowest BCUT2D eigenvalue weighted by atomic mass is 10.2. The van der Waals surface area contributed by atoms with E-state index in [0.29, 0.717) is 6.54 Å². The van der Waals surface area contributed by atoms with E-state index in [1.807, 2.05) is 30.3 Å². The SMILES string of the molecule is C[C@@H](OC(=O)c1ccco1)C(=O)NCc1ccccc1. The summed E-state index contributed by atoms with van der Waals surface area (Å²) in [6.45, 7) is 1.91. The summed E-state index contributed by atoms with van der Waals surface area (Å²) in [6, 6.07) is 12.6. The molecule has 0 aliphatic carbocycles. The zero-order chi connectivity index (χ0) is 14.4. The van der Waals surface area contributed by atoms with Gasteiger partial charge in [-0.2, -0.15) is 0 Å². The van der Waals surface area contributed by atoms with Gasteiger partial charge in [0.05, 0.1) is 6.26 Å². The maximum atomic E-state index is 11.8. The van der Waals surface area contributed by atoms with Gasteiger partial charge in [0.15, 0.2) is 6.10 Å². The molecule has 104 valence electrons. The van der Waals surface area contributed by atoms with Crippen molar-refractivity contribution in [1.82, 2.24) is 5.32 Å². The van der Waals surface area contributed by atoms with Crippen molar-refractivity contribution < 1.29 is 18.7 Å². The highest BCUT2D eigenvalue weighted by molar-refractivity contribution is 5.89. The van der Waals surface area contributed by atoms with E-state index in [4.69, 9.17) is 9.15 Å². The smallest absolute Gasteiger partial charge is 0.374 e. The van der Waals surface area contributed by atoms with E-state index in [2.05, 4.69) is 5.32 Å². The molecule has 2 aromatic rings. The predicted octanol–water partition coefficient (Wildman–Crippen LogP) is 2.14. The topological polar surface area (TPSA) is 68.5 Å². The average molecular weight is 273 g/mol. The van der Waals surface area contributed by atoms with Crippen LogP contribution in [0.1, 0.15) is 23.0 Å². The van der Waals surface area contributed by atoms with Crippen molar-refractivity contribution >= 4 is 11.9 Å². The summed E-state index contributed by atoms with van der Waals surface area (Å²) in [5.41, 5.74) is 0.977. The van der Waals surface area contributed by atoms with Gasteiger partial charge in [-0.25, -0.2) is 4.79 Å². The molecule has 0 radical (unpaired) electrons. The first kappa shape index (κ1) is 13.9. The number of furan rings is 1. The molecular weight excluding hydrogens is 258 g/mol. The Balaban J connectivity index is 1.82. The second-order valence-corrected chi connectivity index (χ2v) is 4.23. The quantitative estimate of drug-likeness (QED) is 0.847. The molecule has 0 spiro atoms. The number of ether oxygens (including phenoxy) is 1. The molecule has 1 amide bonds. The number of benzene rings is 1. The standard InChI is InChI=1S/C15H15NO4/c1-11(20-15(18)13-8-5-9-19-13)14(17)16-10-12-6-3-2-4-7-12/h2-9,11H,10H2,1H3,(H,16,17)/t11-/m1/s1. The van der Waals surface area contributed by atoms with Crippen LogP contribution < -0.4 is 5.32 Å². The van der Waals surface area contributed by atoms with Crippen LogP contribution in [0.3, 0.4) is 0 Å². The van der Waals surface area contributed by atoms with E-state index in [0.717, 1.165) is 5.56 Å². The van der Waals surface area contributed by atoms with Crippen LogP contribution >= 0.6 is 0 Å². The molecule has 2 rings (SSSR count). The van der Waals surface area contributed by atoms with Crippen molar-refractivity contribution in [3.05, 3.63) is 60.1 Å². The van der Waals surface area contributed by atoms with E-state index in [9.17, 15) is 9.59 Å². The van der Waals surface area contributed by atoms with Gasteiger partial charge in [-0.3, -0.25) is 4.79 Å². The lowest BCUT2D eigenvalue weighted by molar-refractivity contribution is -0.129. The maximum Gasteiger partial charge on any atom is 0.374 e. The number of carbonyl (C=O) groups excluding carboxylic acids is 2. The number of carbonyl (C=O) groups is 2. The molecule has 0 fully saturated rings. The van der Waals surface area contributed by atoms with Crippen LogP contribution in [0.25, 0.3) is 0 Å². The van der Waals surface area contributed by atoms with Crippen LogP contribution in [0.2, 0.25) is 0 Å². The van der Waals surface area contributed by atoms with Gasteiger partial charge in [-0.15, -0.1) is 0 Å². The Morgan fingerprint density at radius 1 is 1.20 bits per heavy atom. The third-order valence-electron chi connectivity index (χ3n) is 2.68. The van der Waals surface area contributed by atoms with E-state index in [-0.39, 0.29) is 11.7 Å². The molecule has 0 aliphatic heterocycles. The van der Waals surface area contributed by atoms with E-state index in [1.165, 1.54) is 19.3 Å². The minimum atomic E-state index is -0.878. The molecule has 1 aromatic carbocycles. The summed E-state index contributed by atoms with van der Waals surface area (Å²) >= 11 is 0. The Kier molecular flexibility index (Phi) is 4.55. The van der Waals surface area contributed by atoms with Crippen molar-refractivity contribution in [2.75, 3.05) is 0 Å². The lowest BCUT2D eigenvalue weighted by Crippen LogP contribution is -2.35. The first-order chi connectivity index (χ1) is 9.66. The molecule has 1 heterocycles. The summed E-state index contributed by atoms with van der Waals surface area (Å²) in [4.78, 5) is 23.4. The summed E-state index contributed by atoms with van der Waals surface area (Å²) in [6.07, 6.45) is 0.493. The molecule has 20 heavy (non-hydrogen) atoms. The number of esters is 1. The number of amides is 1. The summed E-state index contributed by atoms with van der Waals surface area (Å²) in [5, 5.41) is 2.70. The number of hydrogen-bond donors (Lipinski definition) is 1. The van der Waals surface area contributed by atoms with Crippen molar-refractivity contribution in [2.24, 2.45) is 0 Å². The van der Waals surface area contributed by atoms with Gasteiger partial charge in [0, 0.05) is 6.54 Å². The molecule has 1 atom stereocenters. The number of rotatable bonds is 5. The fourth-order valence-corrected chi connectivity index (χ4v) is 1.60. The molecule has 5 nitrogen and oxygen atoms in total. The highest BCUT2D eigenvalue weighted by Crippen LogP contribution is 2.05. The van der Waals surface area contributed by atoms with Crippen LogP contribution in [-0.2, 0) is 16.1 Å². The molecule has 0 aliphatic rings. The van der Waals surface area contributed by atoms with Gasteiger partial charge in [-0.1, -0.05) is 30.3 Å². The fourth-order valence-electron chi connectivity index (χ4n) is 1.60. The van der Waals surface area contributed by atoms with Gasteiger partial charge in [0.25, 0.3) is 5.91 Å². The third-order valence-corrected chi connectivity index (χ3v) is 2.68. The number of hydrogen-bond acceptors (Lipinski definition) is 4. The molecule has 1 aromatic heterocycles. The lowest BCUT2D eigenvalue weighted by Gasteiger charge is -2.12. The van der Waals surface area contributed by atoms with Crippen LogP contribution in [0.4, 0.5) is 0 Å². The van der Waals surface area contributed by atoms with Crippen molar-refractivity contribution in [3.63, 3.8) is 0 Å². The van der Waals surface area contributed by atoms with Gasteiger partial charge < -0.3 is 14.5 Å². The molecule has 0 bridgehead atoms. The zero-order valence-electron chi connectivity index (χ0n) is 11.0. The highest BCUT2D eigenvalue weighted by Gasteiger charge is 2.19. The monoisotopic (exact) mass is 273 g/mol. The predicted molar refractivity (Wildman–Crippen MR) is 71.9 cm³/mol. The van der Waals surface area contributed by atoms with Crippen molar-refractivity contribution in [1.29, 1.82) is 0 Å². The second kappa shape index (κ2) is 6.56. The Morgan fingerprint density at radius 2 is 1.95 bits per heavy atom. The summed E-state index contributed by atoms with van der Waals surface area (Å²) in [5.74, 6) is -0.932. The normalized spacial score (nSPS) is 11.7. The van der Waals surface area contributed by atoms with Crippen LogP contribution in [0.5, 0.6) is 0 Å². The van der Waals surface area contributed by atoms with Crippen molar-refractivity contribution in [2.45, 2.75) is 19.6 Å². The van der Waals surface area contributed by atoms with Gasteiger partial charge >= 0.3 is 5.97 Å². The highest BCUT2D eigenvalue weighted by atomic mass is 16.6. The Bertz CT molecular complexity index is 563. The van der Waals surface area contributed by atoms with E-state index < -0.39 is 12.1 Å². The summed E-state index contributed by atoms with van der Waals surface area (Å²) < 4.78 is 9.90. The molecular formula is C15H15NO4. The Labute approximate surface area is 116 Å². The van der Waals surface area contributed by atoms with Crippen LogP contribution in [-0.4, -0.2) is 18.0 Å². The minimum absolute atomic E-state index is 0.0766. The van der Waals surface area contributed by atoms with Gasteiger partial charge in [0.2, 0.25) is 5.76 Å². The molecule has 0 saturated carbocycles. The fraction of sp³-hybridized carbons (Fsp3) is 0.200. The first-order valence-corrected chi connectivity index (χ1v) is 6.23.